The van der Waals surface area contributed by atoms with E-state index in [1.807, 2.05) is 25.1 Å². The van der Waals surface area contributed by atoms with Gasteiger partial charge in [0.15, 0.2) is 17.6 Å². The maximum absolute atomic E-state index is 11.9. The largest absolute Gasteiger partial charge is 0.493 e. The van der Waals surface area contributed by atoms with Gasteiger partial charge in [0.1, 0.15) is 0 Å². The fourth-order valence-corrected chi connectivity index (χ4v) is 2.01. The first-order valence-electron chi connectivity index (χ1n) is 7.36. The summed E-state index contributed by atoms with van der Waals surface area (Å²) in [6.45, 7) is 4.69. The third-order valence-electron chi connectivity index (χ3n) is 3.03. The second-order valence-electron chi connectivity index (χ2n) is 4.67. The molecule has 0 fully saturated rings. The molecule has 0 aliphatic rings. The summed E-state index contributed by atoms with van der Waals surface area (Å²) in [7, 11) is 1.58. The lowest BCUT2D eigenvalue weighted by molar-refractivity contribution is -0.151. The maximum atomic E-state index is 11.9. The molecular weight excluding hydrogens is 270 g/mol. The number of carbonyl (C=O) groups is 1. The normalized spacial score (nSPS) is 11.8. The van der Waals surface area contributed by atoms with E-state index in [1.165, 1.54) is 0 Å². The molecule has 0 aliphatic carbocycles. The molecule has 1 aromatic rings. The van der Waals surface area contributed by atoms with Gasteiger partial charge in [-0.25, -0.2) is 4.79 Å². The topological polar surface area (TPSA) is 70.8 Å². The van der Waals surface area contributed by atoms with Crippen LogP contribution in [0, 0.1) is 0 Å². The Labute approximate surface area is 126 Å². The number of rotatable bonds is 9. The molecule has 1 unspecified atom stereocenters. The Morgan fingerprint density at radius 3 is 2.62 bits per heavy atom. The van der Waals surface area contributed by atoms with Crippen LogP contribution >= 0.6 is 0 Å². The van der Waals surface area contributed by atoms with E-state index in [4.69, 9.17) is 19.9 Å². The van der Waals surface area contributed by atoms with E-state index in [2.05, 4.69) is 0 Å². The van der Waals surface area contributed by atoms with Crippen LogP contribution in [0.15, 0.2) is 18.2 Å². The zero-order valence-electron chi connectivity index (χ0n) is 13.1. The second kappa shape index (κ2) is 9.23. The molecule has 1 rings (SSSR count). The standard InChI is InChI=1S/C16H25NO4/c1-4-6-14(16(18)20-5-2)21-13-8-7-12(9-10-17)11-15(13)19-3/h7-8,11,14H,4-6,9-10,17H2,1-3H3. The minimum atomic E-state index is -0.607. The number of carbonyl (C=O) groups excluding carboxylic acids is 1. The summed E-state index contributed by atoms with van der Waals surface area (Å²) in [6, 6.07) is 5.63. The van der Waals surface area contributed by atoms with Crippen LogP contribution in [0.3, 0.4) is 0 Å². The summed E-state index contributed by atoms with van der Waals surface area (Å²) in [5.74, 6) is 0.809. The SMILES string of the molecule is CCCC(Oc1ccc(CCN)cc1OC)C(=O)OCC. The Kier molecular flexibility index (Phi) is 7.61. The number of benzene rings is 1. The number of hydrogen-bond donors (Lipinski definition) is 1. The predicted molar refractivity (Wildman–Crippen MR) is 81.7 cm³/mol. The van der Waals surface area contributed by atoms with Gasteiger partial charge in [0.05, 0.1) is 13.7 Å². The summed E-state index contributed by atoms with van der Waals surface area (Å²) in [5.41, 5.74) is 6.62. The van der Waals surface area contributed by atoms with Crippen LogP contribution in [0.2, 0.25) is 0 Å². The van der Waals surface area contributed by atoms with E-state index >= 15 is 0 Å². The zero-order chi connectivity index (χ0) is 15.7. The van der Waals surface area contributed by atoms with E-state index in [-0.39, 0.29) is 5.97 Å². The molecule has 0 radical (unpaired) electrons. The van der Waals surface area contributed by atoms with E-state index in [0.29, 0.717) is 31.1 Å². The predicted octanol–water partition coefficient (Wildman–Crippen LogP) is 2.31. The van der Waals surface area contributed by atoms with Crippen LogP contribution in [-0.2, 0) is 16.0 Å². The molecule has 2 N–H and O–H groups in total. The number of ether oxygens (including phenoxy) is 3. The highest BCUT2D eigenvalue weighted by molar-refractivity contribution is 5.75. The van der Waals surface area contributed by atoms with Gasteiger partial charge < -0.3 is 19.9 Å². The fourth-order valence-electron chi connectivity index (χ4n) is 2.01. The van der Waals surface area contributed by atoms with Crippen molar-refractivity contribution in [1.82, 2.24) is 0 Å². The molecule has 0 saturated heterocycles. The van der Waals surface area contributed by atoms with Crippen LogP contribution in [0.4, 0.5) is 0 Å². The first-order valence-corrected chi connectivity index (χ1v) is 7.36. The number of nitrogens with two attached hydrogens (primary N) is 1. The highest BCUT2D eigenvalue weighted by Crippen LogP contribution is 2.30. The Hall–Kier alpha value is -1.75. The lowest BCUT2D eigenvalue weighted by Gasteiger charge is -2.19. The van der Waals surface area contributed by atoms with Crippen LogP contribution in [0.1, 0.15) is 32.3 Å². The average Bonchev–Trinajstić information content (AvgIpc) is 2.48. The molecular formula is C16H25NO4. The van der Waals surface area contributed by atoms with Crippen molar-refractivity contribution in [2.75, 3.05) is 20.3 Å². The number of hydrogen-bond acceptors (Lipinski definition) is 5. The van der Waals surface area contributed by atoms with Crippen LogP contribution < -0.4 is 15.2 Å². The van der Waals surface area contributed by atoms with E-state index in [1.54, 1.807) is 14.0 Å². The minimum Gasteiger partial charge on any atom is -0.493 e. The Morgan fingerprint density at radius 2 is 2.05 bits per heavy atom. The molecule has 5 heteroatoms. The third kappa shape index (κ3) is 5.27. The van der Waals surface area contributed by atoms with Gasteiger partial charge in [-0.1, -0.05) is 19.4 Å². The molecule has 0 aliphatic heterocycles. The molecule has 118 valence electrons. The quantitative estimate of drug-likeness (QED) is 0.708. The molecule has 21 heavy (non-hydrogen) atoms. The van der Waals surface area contributed by atoms with Crippen molar-refractivity contribution in [2.24, 2.45) is 5.73 Å². The monoisotopic (exact) mass is 295 g/mol. The van der Waals surface area contributed by atoms with Crippen molar-refractivity contribution in [2.45, 2.75) is 39.2 Å². The summed E-state index contributed by atoms with van der Waals surface area (Å²) < 4.78 is 16.2. The van der Waals surface area contributed by atoms with Gasteiger partial charge in [-0.05, 0) is 44.0 Å². The smallest absolute Gasteiger partial charge is 0.347 e. The molecule has 0 spiro atoms. The molecule has 1 atom stereocenters. The number of esters is 1. The summed E-state index contributed by atoms with van der Waals surface area (Å²) in [6.07, 6.45) is 1.60. The molecule has 0 amide bonds. The highest BCUT2D eigenvalue weighted by Gasteiger charge is 2.22. The summed E-state index contributed by atoms with van der Waals surface area (Å²) in [4.78, 5) is 11.9. The molecule has 0 heterocycles. The molecule has 0 aromatic heterocycles. The molecule has 0 saturated carbocycles. The second-order valence-corrected chi connectivity index (χ2v) is 4.67. The van der Waals surface area contributed by atoms with Crippen molar-refractivity contribution in [3.8, 4) is 11.5 Å². The van der Waals surface area contributed by atoms with Crippen molar-refractivity contribution in [3.05, 3.63) is 23.8 Å². The molecule has 5 nitrogen and oxygen atoms in total. The van der Waals surface area contributed by atoms with E-state index < -0.39 is 6.10 Å². The van der Waals surface area contributed by atoms with E-state index in [0.717, 1.165) is 18.4 Å². The van der Waals surface area contributed by atoms with E-state index in [9.17, 15) is 4.79 Å². The first-order chi connectivity index (χ1) is 10.2. The van der Waals surface area contributed by atoms with Crippen LogP contribution in [0.25, 0.3) is 0 Å². The van der Waals surface area contributed by atoms with Crippen molar-refractivity contribution in [3.63, 3.8) is 0 Å². The van der Waals surface area contributed by atoms with Crippen molar-refractivity contribution in [1.29, 1.82) is 0 Å². The van der Waals surface area contributed by atoms with Crippen molar-refractivity contribution < 1.29 is 19.0 Å². The average molecular weight is 295 g/mol. The lowest BCUT2D eigenvalue weighted by Crippen LogP contribution is -2.29. The molecule has 1 aromatic carbocycles. The maximum Gasteiger partial charge on any atom is 0.347 e. The van der Waals surface area contributed by atoms with Gasteiger partial charge in [-0.15, -0.1) is 0 Å². The van der Waals surface area contributed by atoms with Gasteiger partial charge in [0.25, 0.3) is 0 Å². The Bertz CT molecular complexity index is 448. The Balaban J connectivity index is 2.89. The fraction of sp³-hybridized carbons (Fsp3) is 0.562. The molecule has 0 bridgehead atoms. The van der Waals surface area contributed by atoms with Gasteiger partial charge >= 0.3 is 5.97 Å². The third-order valence-corrected chi connectivity index (χ3v) is 3.03. The highest BCUT2D eigenvalue weighted by atomic mass is 16.6. The lowest BCUT2D eigenvalue weighted by atomic mass is 10.1. The Morgan fingerprint density at radius 1 is 1.29 bits per heavy atom. The summed E-state index contributed by atoms with van der Waals surface area (Å²) >= 11 is 0. The van der Waals surface area contributed by atoms with Gasteiger partial charge in [-0.3, -0.25) is 0 Å². The van der Waals surface area contributed by atoms with Crippen LogP contribution in [-0.4, -0.2) is 32.3 Å². The van der Waals surface area contributed by atoms with Gasteiger partial charge in [0.2, 0.25) is 0 Å². The van der Waals surface area contributed by atoms with Gasteiger partial charge in [0, 0.05) is 0 Å². The first kappa shape index (κ1) is 17.3. The number of methoxy groups -OCH3 is 1. The summed E-state index contributed by atoms with van der Waals surface area (Å²) in [5, 5.41) is 0. The van der Waals surface area contributed by atoms with Gasteiger partial charge in [-0.2, -0.15) is 0 Å². The van der Waals surface area contributed by atoms with Crippen LogP contribution in [0.5, 0.6) is 11.5 Å². The van der Waals surface area contributed by atoms with Crippen molar-refractivity contribution >= 4 is 5.97 Å². The minimum absolute atomic E-state index is 0.340. The zero-order valence-corrected chi connectivity index (χ0v) is 13.1.